The van der Waals surface area contributed by atoms with E-state index in [0.29, 0.717) is 0 Å². The Morgan fingerprint density at radius 3 is 2.80 bits per heavy atom. The molecule has 1 aromatic rings. The molecule has 4 nitrogen and oxygen atoms in total. The molecule has 4 heteroatoms. The highest BCUT2D eigenvalue weighted by molar-refractivity contribution is 5.75. The molecule has 82 valence electrons. The smallest absolute Gasteiger partial charge is 0.219 e. The number of pyridine rings is 1. The highest BCUT2D eigenvalue weighted by Gasteiger charge is 2.21. The normalized spacial score (nSPS) is 11.1. The summed E-state index contributed by atoms with van der Waals surface area (Å²) in [6, 6.07) is 3.84. The van der Waals surface area contributed by atoms with Gasteiger partial charge >= 0.3 is 0 Å². The van der Waals surface area contributed by atoms with Gasteiger partial charge in [0.15, 0.2) is 0 Å². The molecule has 0 spiro atoms. The summed E-state index contributed by atoms with van der Waals surface area (Å²) in [4.78, 5) is 15.1. The first-order valence-electron chi connectivity index (χ1n) is 4.89. The predicted octanol–water partition coefficient (Wildman–Crippen LogP) is 1.46. The van der Waals surface area contributed by atoms with Gasteiger partial charge in [-0.15, -0.1) is 0 Å². The maximum absolute atomic E-state index is 10.9. The monoisotopic (exact) mass is 207 g/mol. The summed E-state index contributed by atoms with van der Waals surface area (Å²) < 4.78 is 0. The summed E-state index contributed by atoms with van der Waals surface area (Å²) in [6.07, 6.45) is 2.00. The van der Waals surface area contributed by atoms with Crippen molar-refractivity contribution in [1.82, 2.24) is 4.98 Å². The topological polar surface area (TPSA) is 68.0 Å². The number of aryl methyl sites for hydroxylation is 1. The lowest BCUT2D eigenvalue weighted by Gasteiger charge is -2.26. The minimum absolute atomic E-state index is 0.281. The van der Waals surface area contributed by atoms with Gasteiger partial charge in [-0.05, 0) is 32.4 Å². The van der Waals surface area contributed by atoms with Gasteiger partial charge in [-0.2, -0.15) is 0 Å². The van der Waals surface area contributed by atoms with Crippen LogP contribution in [0.5, 0.6) is 0 Å². The highest BCUT2D eigenvalue weighted by atomic mass is 16.1. The first-order valence-corrected chi connectivity index (χ1v) is 4.89. The number of amides is 1. The number of nitrogens with one attached hydrogen (secondary N) is 1. The molecule has 0 bridgehead atoms. The van der Waals surface area contributed by atoms with Crippen molar-refractivity contribution in [2.75, 3.05) is 5.32 Å². The summed E-state index contributed by atoms with van der Waals surface area (Å²) in [5.74, 6) is 0.477. The van der Waals surface area contributed by atoms with Crippen molar-refractivity contribution < 1.29 is 4.79 Å². The molecule has 1 amide bonds. The van der Waals surface area contributed by atoms with Gasteiger partial charge in [0.05, 0.1) is 0 Å². The second kappa shape index (κ2) is 4.29. The van der Waals surface area contributed by atoms with Gasteiger partial charge in [0.1, 0.15) is 5.82 Å². The Bertz CT molecular complexity index is 361. The van der Waals surface area contributed by atoms with Crippen LogP contribution in [0.1, 0.15) is 25.8 Å². The van der Waals surface area contributed by atoms with E-state index in [2.05, 4.69) is 10.3 Å². The molecule has 0 aromatic carbocycles. The lowest BCUT2D eigenvalue weighted by molar-refractivity contribution is -0.118. The third kappa shape index (κ3) is 3.58. The van der Waals surface area contributed by atoms with Crippen LogP contribution in [0, 0.1) is 6.92 Å². The van der Waals surface area contributed by atoms with Crippen molar-refractivity contribution in [2.24, 2.45) is 5.73 Å². The predicted molar refractivity (Wildman–Crippen MR) is 60.5 cm³/mol. The number of primary amides is 1. The molecule has 0 aliphatic carbocycles. The third-order valence-corrected chi connectivity index (χ3v) is 2.08. The van der Waals surface area contributed by atoms with Crippen LogP contribution in [0.25, 0.3) is 0 Å². The number of rotatable bonds is 4. The van der Waals surface area contributed by atoms with Gasteiger partial charge < -0.3 is 11.1 Å². The van der Waals surface area contributed by atoms with Gasteiger partial charge in [-0.3, -0.25) is 4.79 Å². The van der Waals surface area contributed by atoms with Crippen LogP contribution in [0.4, 0.5) is 5.82 Å². The Hall–Kier alpha value is -1.58. The summed E-state index contributed by atoms with van der Waals surface area (Å²) in [5, 5.41) is 3.21. The summed E-state index contributed by atoms with van der Waals surface area (Å²) in [6.45, 7) is 5.81. The summed E-state index contributed by atoms with van der Waals surface area (Å²) in [5.41, 5.74) is 5.85. The Morgan fingerprint density at radius 1 is 1.60 bits per heavy atom. The molecular weight excluding hydrogens is 190 g/mol. The average molecular weight is 207 g/mol. The van der Waals surface area contributed by atoms with Crippen LogP contribution in [0.3, 0.4) is 0 Å². The first-order chi connectivity index (χ1) is 6.91. The number of hydrogen-bond acceptors (Lipinski definition) is 3. The number of carbonyl (C=O) groups is 1. The molecule has 0 unspecified atom stereocenters. The number of hydrogen-bond donors (Lipinski definition) is 2. The van der Waals surface area contributed by atoms with E-state index < -0.39 is 0 Å². The fraction of sp³-hybridized carbons (Fsp3) is 0.455. The molecule has 0 saturated heterocycles. The zero-order valence-electron chi connectivity index (χ0n) is 9.37. The van der Waals surface area contributed by atoms with E-state index in [0.717, 1.165) is 11.4 Å². The quantitative estimate of drug-likeness (QED) is 0.785. The molecule has 3 N–H and O–H groups in total. The van der Waals surface area contributed by atoms with E-state index in [1.165, 1.54) is 0 Å². The zero-order chi connectivity index (χ0) is 11.5. The molecule has 0 aliphatic heterocycles. The fourth-order valence-corrected chi connectivity index (χ4v) is 1.42. The molecule has 1 aromatic heterocycles. The molecule has 1 rings (SSSR count). The molecule has 0 fully saturated rings. The van der Waals surface area contributed by atoms with Crippen molar-refractivity contribution in [2.45, 2.75) is 32.7 Å². The van der Waals surface area contributed by atoms with E-state index in [1.54, 1.807) is 6.20 Å². The van der Waals surface area contributed by atoms with Crippen molar-refractivity contribution in [3.05, 3.63) is 23.9 Å². The molecular formula is C11H17N3O. The average Bonchev–Trinajstić information content (AvgIpc) is 2.06. The van der Waals surface area contributed by atoms with Gasteiger partial charge in [-0.25, -0.2) is 4.98 Å². The van der Waals surface area contributed by atoms with E-state index in [1.807, 2.05) is 32.9 Å². The minimum Gasteiger partial charge on any atom is -0.370 e. The Labute approximate surface area is 89.9 Å². The van der Waals surface area contributed by atoms with Gasteiger partial charge in [-0.1, -0.05) is 6.07 Å². The number of nitrogens with two attached hydrogens (primary N) is 1. The van der Waals surface area contributed by atoms with Crippen LogP contribution in [0.15, 0.2) is 18.3 Å². The van der Waals surface area contributed by atoms with Gasteiger partial charge in [0, 0.05) is 18.2 Å². The third-order valence-electron chi connectivity index (χ3n) is 2.08. The molecule has 0 radical (unpaired) electrons. The van der Waals surface area contributed by atoms with Crippen LogP contribution < -0.4 is 11.1 Å². The Kier molecular flexibility index (Phi) is 3.29. The molecule has 0 atom stereocenters. The van der Waals surface area contributed by atoms with Crippen molar-refractivity contribution in [3.63, 3.8) is 0 Å². The molecule has 0 aliphatic rings. The second-order valence-electron chi connectivity index (χ2n) is 4.32. The zero-order valence-corrected chi connectivity index (χ0v) is 9.37. The molecule has 0 saturated carbocycles. The summed E-state index contributed by atoms with van der Waals surface area (Å²) >= 11 is 0. The largest absolute Gasteiger partial charge is 0.370 e. The van der Waals surface area contributed by atoms with E-state index in [9.17, 15) is 4.79 Å². The number of aromatic nitrogens is 1. The van der Waals surface area contributed by atoms with Crippen LogP contribution in [-0.2, 0) is 4.79 Å². The van der Waals surface area contributed by atoms with Crippen LogP contribution in [-0.4, -0.2) is 16.4 Å². The fourth-order valence-electron chi connectivity index (χ4n) is 1.42. The highest BCUT2D eigenvalue weighted by Crippen LogP contribution is 2.18. The van der Waals surface area contributed by atoms with E-state index >= 15 is 0 Å². The van der Waals surface area contributed by atoms with E-state index in [4.69, 9.17) is 5.73 Å². The minimum atomic E-state index is -0.370. The lowest BCUT2D eigenvalue weighted by Crippen LogP contribution is -2.36. The summed E-state index contributed by atoms with van der Waals surface area (Å²) in [7, 11) is 0. The van der Waals surface area contributed by atoms with Crippen molar-refractivity contribution in [3.8, 4) is 0 Å². The standard InChI is InChI=1S/C11H17N3O/c1-8-5-4-6-13-10(8)14-11(2,3)7-9(12)15/h4-6H,7H2,1-3H3,(H2,12,15)(H,13,14). The van der Waals surface area contributed by atoms with Crippen LogP contribution in [0.2, 0.25) is 0 Å². The van der Waals surface area contributed by atoms with Crippen molar-refractivity contribution in [1.29, 1.82) is 0 Å². The maximum atomic E-state index is 10.9. The Morgan fingerprint density at radius 2 is 2.27 bits per heavy atom. The molecule has 1 heterocycles. The molecule has 15 heavy (non-hydrogen) atoms. The first kappa shape index (κ1) is 11.5. The number of nitrogens with zero attached hydrogens (tertiary/aromatic N) is 1. The number of anilines is 1. The maximum Gasteiger partial charge on any atom is 0.219 e. The lowest BCUT2D eigenvalue weighted by atomic mass is 10.00. The van der Waals surface area contributed by atoms with Gasteiger partial charge in [0.25, 0.3) is 0 Å². The van der Waals surface area contributed by atoms with Gasteiger partial charge in [0.2, 0.25) is 5.91 Å². The van der Waals surface area contributed by atoms with Crippen LogP contribution >= 0.6 is 0 Å². The SMILES string of the molecule is Cc1cccnc1NC(C)(C)CC(N)=O. The Balaban J connectivity index is 2.77. The second-order valence-corrected chi connectivity index (χ2v) is 4.32. The van der Waals surface area contributed by atoms with E-state index in [-0.39, 0.29) is 17.9 Å². The number of carbonyl (C=O) groups excluding carboxylic acids is 1. The van der Waals surface area contributed by atoms with Crippen molar-refractivity contribution >= 4 is 11.7 Å².